The van der Waals surface area contributed by atoms with Gasteiger partial charge in [0.2, 0.25) is 0 Å². The van der Waals surface area contributed by atoms with Crippen LogP contribution in [0.15, 0.2) is 48.5 Å². The van der Waals surface area contributed by atoms with Crippen molar-refractivity contribution in [2.24, 2.45) is 0 Å². The van der Waals surface area contributed by atoms with Gasteiger partial charge in [-0.2, -0.15) is 21.0 Å². The number of rotatable bonds is 4. The van der Waals surface area contributed by atoms with Crippen LogP contribution in [0.5, 0.6) is 23.0 Å². The molecule has 0 saturated heterocycles. The molecule has 0 fully saturated rings. The van der Waals surface area contributed by atoms with E-state index in [9.17, 15) is 21.0 Å². The lowest BCUT2D eigenvalue weighted by Crippen LogP contribution is -1.98. The van der Waals surface area contributed by atoms with Crippen molar-refractivity contribution in [3.8, 4) is 47.3 Å². The normalized spacial score (nSPS) is 9.47. The first kappa shape index (κ1) is 19.6. The van der Waals surface area contributed by atoms with Crippen LogP contribution in [0, 0.1) is 45.3 Å². The van der Waals surface area contributed by atoms with Crippen LogP contribution in [0.4, 0.5) is 11.4 Å². The Bertz CT molecular complexity index is 1220. The summed E-state index contributed by atoms with van der Waals surface area (Å²) in [5.41, 5.74) is 12.3. The number of nitrogens with zero attached hydrogens (tertiary/aromatic N) is 4. The zero-order chi connectivity index (χ0) is 21.7. The molecule has 3 aromatic carbocycles. The molecule has 0 unspecified atom stereocenters. The molecule has 8 heteroatoms. The molecule has 0 aromatic heterocycles. The minimum Gasteiger partial charge on any atom is -0.455 e. The fourth-order valence-electron chi connectivity index (χ4n) is 2.64. The van der Waals surface area contributed by atoms with Crippen LogP contribution in [0.1, 0.15) is 22.3 Å². The number of nitrogens with two attached hydrogens (primary N) is 2. The van der Waals surface area contributed by atoms with E-state index in [-0.39, 0.29) is 45.3 Å². The molecular formula is C22H12N6O2. The molecule has 0 radical (unpaired) electrons. The molecule has 0 heterocycles. The molecule has 8 nitrogen and oxygen atoms in total. The molecular weight excluding hydrogens is 380 g/mol. The average Bonchev–Trinajstić information content (AvgIpc) is 2.76. The molecule has 0 atom stereocenters. The Morgan fingerprint density at radius 1 is 0.533 bits per heavy atom. The van der Waals surface area contributed by atoms with Gasteiger partial charge in [0, 0.05) is 11.4 Å². The lowest BCUT2D eigenvalue weighted by atomic mass is 10.1. The molecule has 142 valence electrons. The quantitative estimate of drug-likeness (QED) is 0.630. The number of hydrogen-bond donors (Lipinski definition) is 2. The molecule has 4 N–H and O–H groups in total. The van der Waals surface area contributed by atoms with Crippen LogP contribution in [-0.4, -0.2) is 0 Å². The van der Waals surface area contributed by atoms with Crippen molar-refractivity contribution in [3.05, 3.63) is 70.8 Å². The number of ether oxygens (including phenoxy) is 2. The highest BCUT2D eigenvalue weighted by molar-refractivity contribution is 5.64. The summed E-state index contributed by atoms with van der Waals surface area (Å²) in [6.45, 7) is 0. The van der Waals surface area contributed by atoms with Crippen molar-refractivity contribution < 1.29 is 9.47 Å². The van der Waals surface area contributed by atoms with Crippen LogP contribution in [0.3, 0.4) is 0 Å². The number of benzene rings is 3. The summed E-state index contributed by atoms with van der Waals surface area (Å²) in [6.07, 6.45) is 0. The summed E-state index contributed by atoms with van der Waals surface area (Å²) in [5.74, 6) is 0.512. The summed E-state index contributed by atoms with van der Waals surface area (Å²) in [5, 5.41) is 37.8. The summed E-state index contributed by atoms with van der Waals surface area (Å²) >= 11 is 0. The van der Waals surface area contributed by atoms with E-state index in [1.165, 1.54) is 36.4 Å². The Labute approximate surface area is 171 Å². The van der Waals surface area contributed by atoms with Gasteiger partial charge >= 0.3 is 0 Å². The van der Waals surface area contributed by atoms with E-state index < -0.39 is 0 Å². The SMILES string of the molecule is N#Cc1cc(N)ccc1Oc1ccc(Oc2ccc(N)cc2C#N)c(C#N)c1C#N. The maximum Gasteiger partial charge on any atom is 0.146 e. The second kappa shape index (κ2) is 8.23. The Morgan fingerprint density at radius 2 is 0.900 bits per heavy atom. The average molecular weight is 392 g/mol. The standard InChI is InChI=1S/C22H12N6O2/c23-9-13-7-15(27)1-3-19(13)29-21-5-6-22(18(12-26)17(21)11-25)30-20-4-2-16(28)8-14(20)10-24/h1-8H,27-28H2. The lowest BCUT2D eigenvalue weighted by molar-refractivity contribution is 0.465. The molecule has 3 aromatic rings. The van der Waals surface area contributed by atoms with Gasteiger partial charge in [0.15, 0.2) is 0 Å². The van der Waals surface area contributed by atoms with Gasteiger partial charge < -0.3 is 20.9 Å². The Balaban J connectivity index is 2.05. The third kappa shape index (κ3) is 3.75. The summed E-state index contributed by atoms with van der Waals surface area (Å²) in [7, 11) is 0. The monoisotopic (exact) mass is 392 g/mol. The number of hydrogen-bond acceptors (Lipinski definition) is 8. The molecule has 0 spiro atoms. The molecule has 0 bridgehead atoms. The van der Waals surface area contributed by atoms with E-state index in [4.69, 9.17) is 20.9 Å². The molecule has 0 aliphatic heterocycles. The second-order valence-electron chi connectivity index (χ2n) is 5.97. The van der Waals surface area contributed by atoms with Gasteiger partial charge in [0.05, 0.1) is 11.1 Å². The third-order valence-electron chi connectivity index (χ3n) is 4.04. The van der Waals surface area contributed by atoms with Gasteiger partial charge in [-0.3, -0.25) is 0 Å². The Morgan fingerprint density at radius 3 is 1.23 bits per heavy atom. The smallest absolute Gasteiger partial charge is 0.146 e. The van der Waals surface area contributed by atoms with E-state index in [0.717, 1.165) is 0 Å². The van der Waals surface area contributed by atoms with Gasteiger partial charge in [-0.1, -0.05) is 0 Å². The van der Waals surface area contributed by atoms with E-state index in [1.807, 2.05) is 24.3 Å². The van der Waals surface area contributed by atoms with E-state index in [0.29, 0.717) is 11.4 Å². The topological polar surface area (TPSA) is 166 Å². The molecule has 0 saturated carbocycles. The molecule has 0 amide bonds. The van der Waals surface area contributed by atoms with Crippen molar-refractivity contribution in [1.82, 2.24) is 0 Å². The van der Waals surface area contributed by atoms with Crippen LogP contribution in [0.25, 0.3) is 0 Å². The lowest BCUT2D eigenvalue weighted by Gasteiger charge is -2.14. The summed E-state index contributed by atoms with van der Waals surface area (Å²) < 4.78 is 11.4. The Kier molecular flexibility index (Phi) is 5.37. The predicted octanol–water partition coefficient (Wildman–Crippen LogP) is 3.92. The van der Waals surface area contributed by atoms with Crippen molar-refractivity contribution in [3.63, 3.8) is 0 Å². The number of anilines is 2. The first-order chi connectivity index (χ1) is 14.5. The van der Waals surface area contributed by atoms with E-state index >= 15 is 0 Å². The highest BCUT2D eigenvalue weighted by Crippen LogP contribution is 2.36. The van der Waals surface area contributed by atoms with E-state index in [2.05, 4.69) is 0 Å². The summed E-state index contributed by atoms with van der Waals surface area (Å²) in [4.78, 5) is 0. The van der Waals surface area contributed by atoms with Gasteiger partial charge in [-0.05, 0) is 48.5 Å². The third-order valence-corrected chi connectivity index (χ3v) is 4.04. The van der Waals surface area contributed by atoms with Crippen molar-refractivity contribution in [2.75, 3.05) is 11.5 Å². The maximum atomic E-state index is 9.62. The maximum absolute atomic E-state index is 9.62. The van der Waals surface area contributed by atoms with Gasteiger partial charge in [0.25, 0.3) is 0 Å². The highest BCUT2D eigenvalue weighted by atomic mass is 16.5. The number of nitriles is 4. The predicted molar refractivity (Wildman–Crippen MR) is 107 cm³/mol. The van der Waals surface area contributed by atoms with Crippen LogP contribution in [0.2, 0.25) is 0 Å². The zero-order valence-corrected chi connectivity index (χ0v) is 15.4. The molecule has 3 rings (SSSR count). The Hall–Kier alpha value is -5.18. The van der Waals surface area contributed by atoms with Crippen molar-refractivity contribution in [1.29, 1.82) is 21.0 Å². The van der Waals surface area contributed by atoms with Gasteiger partial charge in [-0.15, -0.1) is 0 Å². The fraction of sp³-hybridized carbons (Fsp3) is 0. The van der Waals surface area contributed by atoms with Crippen molar-refractivity contribution in [2.45, 2.75) is 0 Å². The first-order valence-corrected chi connectivity index (χ1v) is 8.43. The van der Waals surface area contributed by atoms with Gasteiger partial charge in [0.1, 0.15) is 58.4 Å². The zero-order valence-electron chi connectivity index (χ0n) is 15.4. The second-order valence-corrected chi connectivity index (χ2v) is 5.97. The number of nitrogen functional groups attached to an aromatic ring is 2. The molecule has 0 aliphatic carbocycles. The molecule has 30 heavy (non-hydrogen) atoms. The molecule has 0 aliphatic rings. The minimum atomic E-state index is -0.0790. The van der Waals surface area contributed by atoms with E-state index in [1.54, 1.807) is 12.1 Å². The van der Waals surface area contributed by atoms with Crippen LogP contribution >= 0.6 is 0 Å². The van der Waals surface area contributed by atoms with Gasteiger partial charge in [-0.25, -0.2) is 0 Å². The van der Waals surface area contributed by atoms with Crippen LogP contribution < -0.4 is 20.9 Å². The fourth-order valence-corrected chi connectivity index (χ4v) is 2.64. The largest absolute Gasteiger partial charge is 0.455 e. The summed E-state index contributed by atoms with van der Waals surface area (Å²) in [6, 6.07) is 19.6. The minimum absolute atomic E-state index is 0.0699. The first-order valence-electron chi connectivity index (χ1n) is 8.43. The van der Waals surface area contributed by atoms with Crippen molar-refractivity contribution >= 4 is 11.4 Å². The van der Waals surface area contributed by atoms with Crippen LogP contribution in [-0.2, 0) is 0 Å². The highest BCUT2D eigenvalue weighted by Gasteiger charge is 2.19.